The van der Waals surface area contributed by atoms with Crippen molar-refractivity contribution < 1.29 is 34.9 Å². The van der Waals surface area contributed by atoms with Crippen molar-refractivity contribution >= 4 is 21.0 Å². The fourth-order valence-electron chi connectivity index (χ4n) is 4.95. The van der Waals surface area contributed by atoms with Crippen molar-refractivity contribution in [3.63, 3.8) is 0 Å². The maximum atomic E-state index is 12.6. The lowest BCUT2D eigenvalue weighted by atomic mass is 9.87. The average molecular weight is 679 g/mol. The third-order valence-electron chi connectivity index (χ3n) is 7.16. The molecule has 0 aromatic heterocycles. The fraction of sp³-hybridized carbons (Fsp3) is 0.333. The summed E-state index contributed by atoms with van der Waals surface area (Å²) in [4.78, 5) is 1.97. The van der Waals surface area contributed by atoms with Gasteiger partial charge in [-0.3, -0.25) is 0 Å². The Morgan fingerprint density at radius 1 is 0.478 bits per heavy atom. The molecule has 0 radical (unpaired) electrons. The van der Waals surface area contributed by atoms with Crippen molar-refractivity contribution in [1.29, 1.82) is 0 Å². The zero-order chi connectivity index (χ0) is 35.0. The molecule has 0 fully saturated rings. The van der Waals surface area contributed by atoms with E-state index in [0.717, 1.165) is 0 Å². The minimum absolute atomic E-state index is 0.0786. The summed E-state index contributed by atoms with van der Waals surface area (Å²) in [6.45, 7) is 21.0. The summed E-state index contributed by atoms with van der Waals surface area (Å²) in [5.74, 6) is -12.8. The summed E-state index contributed by atoms with van der Waals surface area (Å²) >= 11 is 0. The number of hydrogen-bond acceptors (Lipinski definition) is 3. The van der Waals surface area contributed by atoms with E-state index in [9.17, 15) is 34.9 Å². The summed E-state index contributed by atoms with van der Waals surface area (Å²) in [7, 11) is -5.96. The van der Waals surface area contributed by atoms with Crippen LogP contribution in [0.25, 0.3) is 0 Å². The second-order valence-electron chi connectivity index (χ2n) is 13.9. The maximum absolute atomic E-state index is 12.6. The van der Waals surface area contributed by atoms with Crippen molar-refractivity contribution in [2.24, 2.45) is 0 Å². The van der Waals surface area contributed by atoms with E-state index in [0.29, 0.717) is 0 Å². The van der Waals surface area contributed by atoms with Gasteiger partial charge in [0, 0.05) is 16.7 Å². The third kappa shape index (κ3) is 8.01. The minimum Gasteiger partial charge on any atom is -0.744 e. The Balaban J connectivity index is 0.000000322. The molecule has 4 aromatic carbocycles. The van der Waals surface area contributed by atoms with E-state index in [-0.39, 0.29) is 27.1 Å². The van der Waals surface area contributed by atoms with Crippen LogP contribution in [0.1, 0.15) is 79.0 Å². The molecule has 4 rings (SSSR count). The van der Waals surface area contributed by atoms with E-state index in [4.69, 9.17) is 0 Å². The molecule has 0 amide bonds. The molecule has 0 aliphatic carbocycles. The van der Waals surface area contributed by atoms with Gasteiger partial charge < -0.3 is 4.55 Å². The van der Waals surface area contributed by atoms with Crippen LogP contribution in [0.15, 0.2) is 92.4 Å². The highest BCUT2D eigenvalue weighted by molar-refractivity contribution is 7.97. The van der Waals surface area contributed by atoms with Gasteiger partial charge in [0.2, 0.25) is 5.82 Å². The topological polar surface area (TPSA) is 57.2 Å². The monoisotopic (exact) mass is 678 g/mol. The highest BCUT2D eigenvalue weighted by Gasteiger charge is 2.40. The summed E-state index contributed by atoms with van der Waals surface area (Å²) in [5, 5.41) is 0. The number of benzene rings is 4. The summed E-state index contributed by atoms with van der Waals surface area (Å²) < 4.78 is 92.9. The number of halogens is 5. The van der Waals surface area contributed by atoms with Gasteiger partial charge in [-0.25, -0.2) is 30.4 Å². The smallest absolute Gasteiger partial charge is 0.200 e. The molecule has 0 heterocycles. The molecule has 0 N–H and O–H groups in total. The largest absolute Gasteiger partial charge is 0.744 e. The van der Waals surface area contributed by atoms with Gasteiger partial charge >= 0.3 is 0 Å². The molecule has 10 heteroatoms. The van der Waals surface area contributed by atoms with Gasteiger partial charge in [0.25, 0.3) is 0 Å². The molecule has 0 aliphatic rings. The van der Waals surface area contributed by atoms with Gasteiger partial charge in [-0.1, -0.05) is 117 Å². The lowest BCUT2D eigenvalue weighted by molar-refractivity contribution is 0.350. The first-order chi connectivity index (χ1) is 21.0. The lowest BCUT2D eigenvalue weighted by Gasteiger charge is -2.28. The standard InChI is InChI=1S/C30H39S.C6HF5O3S/c1-28(2,3)22-16-10-13-19-25(22)31(26-20-14-11-17-23(26)29(4,5)6)27-21-15-12-18-24(27)30(7,8)9;7-1-2(8)4(10)6(15(12,13)14)5(11)3(1)9/h10-21H,1-9H3;(H,12,13,14)/q+1;/p-1. The molecule has 3 nitrogen and oxygen atoms in total. The molecular formula is C36H39F5O3S2. The normalized spacial score (nSPS) is 12.6. The predicted octanol–water partition coefficient (Wildman–Crippen LogP) is 9.96. The molecule has 0 atom stereocenters. The summed E-state index contributed by atoms with van der Waals surface area (Å²) in [6, 6.07) is 27.3. The molecule has 0 saturated carbocycles. The summed E-state index contributed by atoms with van der Waals surface area (Å²) in [6.07, 6.45) is 0. The van der Waals surface area contributed by atoms with Crippen molar-refractivity contribution in [2.75, 3.05) is 0 Å². The first kappa shape index (κ1) is 37.2. The van der Waals surface area contributed by atoms with Gasteiger partial charge in [-0.2, -0.15) is 0 Å². The van der Waals surface area contributed by atoms with Gasteiger partial charge in [-0.05, 0) is 34.4 Å². The van der Waals surface area contributed by atoms with Crippen LogP contribution in [0, 0.1) is 29.1 Å². The first-order valence-corrected chi connectivity index (χ1v) is 17.1. The van der Waals surface area contributed by atoms with E-state index < -0.39 is 44.1 Å². The van der Waals surface area contributed by atoms with Crippen LogP contribution in [0.4, 0.5) is 22.0 Å². The van der Waals surface area contributed by atoms with E-state index in [1.54, 1.807) is 0 Å². The lowest BCUT2D eigenvalue weighted by Crippen LogP contribution is -2.23. The predicted molar refractivity (Wildman–Crippen MR) is 172 cm³/mol. The first-order valence-electron chi connectivity index (χ1n) is 14.5. The molecule has 0 aliphatic heterocycles. The quantitative estimate of drug-likeness (QED) is 0.0710. The Morgan fingerprint density at radius 3 is 0.957 bits per heavy atom. The van der Waals surface area contributed by atoms with E-state index in [1.807, 2.05) is 0 Å². The van der Waals surface area contributed by atoms with Crippen molar-refractivity contribution in [3.8, 4) is 0 Å². The van der Waals surface area contributed by atoms with Crippen molar-refractivity contribution in [1.82, 2.24) is 0 Å². The molecule has 0 unspecified atom stereocenters. The van der Waals surface area contributed by atoms with Gasteiger partial charge in [-0.15, -0.1) is 0 Å². The van der Waals surface area contributed by atoms with Crippen LogP contribution in [-0.4, -0.2) is 13.0 Å². The molecule has 4 aromatic rings. The molecule has 248 valence electrons. The van der Waals surface area contributed by atoms with Crippen molar-refractivity contribution in [2.45, 2.75) is 98.1 Å². The molecule has 0 bridgehead atoms. The van der Waals surface area contributed by atoms with Crippen LogP contribution >= 0.6 is 0 Å². The van der Waals surface area contributed by atoms with E-state index in [2.05, 4.69) is 135 Å². The third-order valence-corrected chi connectivity index (χ3v) is 10.4. The summed E-state index contributed by atoms with van der Waals surface area (Å²) in [5.41, 5.74) is 4.54. The number of rotatable bonds is 4. The molecule has 46 heavy (non-hydrogen) atoms. The second-order valence-corrected chi connectivity index (χ2v) is 17.1. The Kier molecular flexibility index (Phi) is 10.9. The SMILES string of the molecule is CC(C)(C)c1ccccc1[S+](c1ccccc1C(C)(C)C)c1ccccc1C(C)(C)C.O=S(=O)([O-])c1c(F)c(F)c(F)c(F)c1F. The minimum atomic E-state index is -5.77. The fourth-order valence-corrected chi connectivity index (χ4v) is 8.71. The van der Waals surface area contributed by atoms with Crippen LogP contribution in [-0.2, 0) is 37.3 Å². The van der Waals surface area contributed by atoms with Crippen LogP contribution in [0.5, 0.6) is 0 Å². The van der Waals surface area contributed by atoms with Gasteiger partial charge in [0.05, 0.1) is 0 Å². The van der Waals surface area contributed by atoms with E-state index >= 15 is 0 Å². The average Bonchev–Trinajstić information content (AvgIpc) is 2.94. The highest BCUT2D eigenvalue weighted by atomic mass is 32.2. The van der Waals surface area contributed by atoms with Crippen LogP contribution < -0.4 is 0 Å². The Labute approximate surface area is 272 Å². The van der Waals surface area contributed by atoms with E-state index in [1.165, 1.54) is 31.4 Å². The maximum Gasteiger partial charge on any atom is 0.200 e. The Morgan fingerprint density at radius 2 is 0.717 bits per heavy atom. The number of hydrogen-bond donors (Lipinski definition) is 0. The zero-order valence-corrected chi connectivity index (χ0v) is 29.0. The van der Waals surface area contributed by atoms with Crippen LogP contribution in [0.2, 0.25) is 0 Å². The van der Waals surface area contributed by atoms with Crippen molar-refractivity contribution in [3.05, 3.63) is 119 Å². The Bertz CT molecular complexity index is 1670. The molecule has 0 saturated heterocycles. The van der Waals surface area contributed by atoms with Gasteiger partial charge in [0.1, 0.15) is 25.9 Å². The van der Waals surface area contributed by atoms with Gasteiger partial charge in [0.15, 0.2) is 38.0 Å². The Hall–Kier alpha value is -3.21. The molecule has 0 spiro atoms. The second kappa shape index (κ2) is 13.5. The zero-order valence-electron chi connectivity index (χ0n) is 27.4. The van der Waals surface area contributed by atoms with Crippen LogP contribution in [0.3, 0.4) is 0 Å². The molecular weight excluding hydrogens is 640 g/mol. The highest BCUT2D eigenvalue weighted by Crippen LogP contribution is 2.44.